The summed E-state index contributed by atoms with van der Waals surface area (Å²) in [5.41, 5.74) is 3.96. The molecule has 0 aromatic heterocycles. The van der Waals surface area contributed by atoms with Gasteiger partial charge in [-0.1, -0.05) is 24.3 Å². The largest absolute Gasteiger partial charge is 0.393 e. The molecule has 5 heteroatoms. The predicted molar refractivity (Wildman–Crippen MR) is 101 cm³/mol. The molecule has 1 amide bonds. The van der Waals surface area contributed by atoms with Crippen molar-refractivity contribution in [3.8, 4) is 0 Å². The molecular weight excluding hydrogens is 314 g/mol. The number of aliphatic hydroxyl groups excluding tert-OH is 1. The number of aliphatic hydroxyl groups is 1. The van der Waals surface area contributed by atoms with Crippen LogP contribution in [-0.2, 0) is 6.54 Å². The van der Waals surface area contributed by atoms with Crippen LogP contribution in [0.1, 0.15) is 28.8 Å². The molecule has 1 saturated heterocycles. The van der Waals surface area contributed by atoms with Gasteiger partial charge >= 0.3 is 0 Å². The fourth-order valence-corrected chi connectivity index (χ4v) is 3.17. The van der Waals surface area contributed by atoms with Crippen molar-refractivity contribution in [3.05, 3.63) is 59.7 Å². The lowest BCUT2D eigenvalue weighted by atomic mass is 10.1. The maximum Gasteiger partial charge on any atom is 0.251 e. The van der Waals surface area contributed by atoms with E-state index < -0.39 is 0 Å². The third kappa shape index (κ3) is 4.31. The quantitative estimate of drug-likeness (QED) is 0.783. The SMILES string of the molecule is CNC(=O)c1cccc(CNc2ccccc2N2CCC(O)CC2)c1. The number of hydrogen-bond donors (Lipinski definition) is 3. The molecule has 2 aromatic rings. The van der Waals surface area contributed by atoms with Gasteiger partial charge in [-0.05, 0) is 42.7 Å². The summed E-state index contributed by atoms with van der Waals surface area (Å²) in [7, 11) is 1.64. The minimum Gasteiger partial charge on any atom is -0.393 e. The van der Waals surface area contributed by atoms with Crippen LogP contribution in [0.3, 0.4) is 0 Å². The zero-order chi connectivity index (χ0) is 17.6. The van der Waals surface area contributed by atoms with Crippen LogP contribution in [0.2, 0.25) is 0 Å². The molecule has 1 aliphatic rings. The van der Waals surface area contributed by atoms with E-state index in [-0.39, 0.29) is 12.0 Å². The van der Waals surface area contributed by atoms with Crippen molar-refractivity contribution in [2.24, 2.45) is 0 Å². The Bertz CT molecular complexity index is 724. The van der Waals surface area contributed by atoms with Crippen molar-refractivity contribution in [1.82, 2.24) is 5.32 Å². The number of nitrogens with one attached hydrogen (secondary N) is 2. The van der Waals surface area contributed by atoms with Gasteiger partial charge < -0.3 is 20.6 Å². The van der Waals surface area contributed by atoms with Gasteiger partial charge in [-0.25, -0.2) is 0 Å². The van der Waals surface area contributed by atoms with Crippen LogP contribution in [0.4, 0.5) is 11.4 Å². The van der Waals surface area contributed by atoms with Gasteiger partial charge in [-0.15, -0.1) is 0 Å². The van der Waals surface area contributed by atoms with Crippen LogP contribution in [0, 0.1) is 0 Å². The third-order valence-corrected chi connectivity index (χ3v) is 4.61. The minimum absolute atomic E-state index is 0.0749. The summed E-state index contributed by atoms with van der Waals surface area (Å²) in [6.07, 6.45) is 1.44. The first-order valence-electron chi connectivity index (χ1n) is 8.74. The average molecular weight is 339 g/mol. The zero-order valence-electron chi connectivity index (χ0n) is 14.5. The second-order valence-corrected chi connectivity index (χ2v) is 6.37. The number of amides is 1. The first-order chi connectivity index (χ1) is 12.2. The summed E-state index contributed by atoms with van der Waals surface area (Å²) >= 11 is 0. The molecule has 0 saturated carbocycles. The lowest BCUT2D eigenvalue weighted by molar-refractivity contribution is 0.0963. The Balaban J connectivity index is 1.70. The van der Waals surface area contributed by atoms with E-state index in [9.17, 15) is 9.90 Å². The smallest absolute Gasteiger partial charge is 0.251 e. The minimum atomic E-state index is -0.177. The molecule has 1 heterocycles. The van der Waals surface area contributed by atoms with Gasteiger partial charge in [0, 0.05) is 32.2 Å². The highest BCUT2D eigenvalue weighted by atomic mass is 16.3. The second-order valence-electron chi connectivity index (χ2n) is 6.37. The number of benzene rings is 2. The van der Waals surface area contributed by atoms with Crippen molar-refractivity contribution < 1.29 is 9.90 Å². The molecule has 3 rings (SSSR count). The predicted octanol–water partition coefficient (Wildman–Crippen LogP) is 2.62. The van der Waals surface area contributed by atoms with Crippen molar-refractivity contribution in [3.63, 3.8) is 0 Å². The Morgan fingerprint density at radius 3 is 2.68 bits per heavy atom. The average Bonchev–Trinajstić information content (AvgIpc) is 2.67. The summed E-state index contributed by atoms with van der Waals surface area (Å²) in [4.78, 5) is 14.1. The van der Waals surface area contributed by atoms with E-state index in [1.165, 1.54) is 0 Å². The Morgan fingerprint density at radius 1 is 1.16 bits per heavy atom. The van der Waals surface area contributed by atoms with Crippen molar-refractivity contribution in [2.75, 3.05) is 30.4 Å². The molecule has 0 atom stereocenters. The van der Waals surface area contributed by atoms with Crippen LogP contribution < -0.4 is 15.5 Å². The van der Waals surface area contributed by atoms with E-state index in [0.29, 0.717) is 12.1 Å². The van der Waals surface area contributed by atoms with Gasteiger partial charge in [0.25, 0.3) is 5.91 Å². The Labute approximate surface area is 148 Å². The van der Waals surface area contributed by atoms with E-state index in [1.807, 2.05) is 36.4 Å². The molecule has 25 heavy (non-hydrogen) atoms. The summed E-state index contributed by atoms with van der Waals surface area (Å²) in [5, 5.41) is 15.8. The summed E-state index contributed by atoms with van der Waals surface area (Å²) in [5.74, 6) is -0.0749. The molecule has 0 radical (unpaired) electrons. The fourth-order valence-electron chi connectivity index (χ4n) is 3.17. The Hall–Kier alpha value is -2.53. The molecule has 5 nitrogen and oxygen atoms in total. The summed E-state index contributed by atoms with van der Waals surface area (Å²) in [6.45, 7) is 2.39. The highest BCUT2D eigenvalue weighted by Crippen LogP contribution is 2.28. The van der Waals surface area contributed by atoms with Gasteiger partial charge in [0.05, 0.1) is 17.5 Å². The highest BCUT2D eigenvalue weighted by Gasteiger charge is 2.19. The molecular formula is C20H25N3O2. The van der Waals surface area contributed by atoms with Crippen LogP contribution in [0.15, 0.2) is 48.5 Å². The number of anilines is 2. The second kappa shape index (κ2) is 8.03. The molecule has 0 unspecified atom stereocenters. The number of para-hydroxylation sites is 2. The molecule has 2 aromatic carbocycles. The third-order valence-electron chi connectivity index (χ3n) is 4.61. The number of carbonyl (C=O) groups is 1. The standard InChI is InChI=1S/C20H25N3O2/c1-21-20(25)16-6-4-5-15(13-16)14-22-18-7-2-3-8-19(18)23-11-9-17(24)10-12-23/h2-8,13,17,22,24H,9-12,14H2,1H3,(H,21,25). The van der Waals surface area contributed by atoms with Gasteiger partial charge in [-0.3, -0.25) is 4.79 Å². The van der Waals surface area contributed by atoms with E-state index in [0.717, 1.165) is 42.9 Å². The van der Waals surface area contributed by atoms with Crippen LogP contribution >= 0.6 is 0 Å². The van der Waals surface area contributed by atoms with Crippen LogP contribution in [0.5, 0.6) is 0 Å². The van der Waals surface area contributed by atoms with Gasteiger partial charge in [-0.2, -0.15) is 0 Å². The first kappa shape index (κ1) is 17.3. The summed E-state index contributed by atoms with van der Waals surface area (Å²) in [6, 6.07) is 15.9. The number of carbonyl (C=O) groups excluding carboxylic acids is 1. The van der Waals surface area contributed by atoms with Crippen molar-refractivity contribution in [1.29, 1.82) is 0 Å². The number of hydrogen-bond acceptors (Lipinski definition) is 4. The van der Waals surface area contributed by atoms with Crippen LogP contribution in [0.25, 0.3) is 0 Å². The van der Waals surface area contributed by atoms with Gasteiger partial charge in [0.1, 0.15) is 0 Å². The fraction of sp³-hybridized carbons (Fsp3) is 0.350. The molecule has 0 bridgehead atoms. The Morgan fingerprint density at radius 2 is 1.92 bits per heavy atom. The number of piperidine rings is 1. The summed E-state index contributed by atoms with van der Waals surface area (Å²) < 4.78 is 0. The molecule has 0 spiro atoms. The molecule has 1 aliphatic heterocycles. The van der Waals surface area contributed by atoms with Crippen LogP contribution in [-0.4, -0.2) is 37.3 Å². The van der Waals surface area contributed by atoms with Gasteiger partial charge in [0.2, 0.25) is 0 Å². The van der Waals surface area contributed by atoms with E-state index in [2.05, 4.69) is 27.7 Å². The van der Waals surface area contributed by atoms with E-state index >= 15 is 0 Å². The van der Waals surface area contributed by atoms with E-state index in [1.54, 1.807) is 7.05 Å². The van der Waals surface area contributed by atoms with Crippen molar-refractivity contribution in [2.45, 2.75) is 25.5 Å². The topological polar surface area (TPSA) is 64.6 Å². The number of nitrogens with zero attached hydrogens (tertiary/aromatic N) is 1. The molecule has 3 N–H and O–H groups in total. The zero-order valence-corrected chi connectivity index (χ0v) is 14.5. The van der Waals surface area contributed by atoms with Crippen molar-refractivity contribution >= 4 is 17.3 Å². The Kier molecular flexibility index (Phi) is 5.56. The molecule has 0 aliphatic carbocycles. The molecule has 1 fully saturated rings. The maximum absolute atomic E-state index is 11.8. The molecule has 132 valence electrons. The first-order valence-corrected chi connectivity index (χ1v) is 8.74. The lowest BCUT2D eigenvalue weighted by Gasteiger charge is -2.33. The lowest BCUT2D eigenvalue weighted by Crippen LogP contribution is -2.36. The van der Waals surface area contributed by atoms with Gasteiger partial charge in [0.15, 0.2) is 0 Å². The van der Waals surface area contributed by atoms with E-state index in [4.69, 9.17) is 0 Å². The maximum atomic E-state index is 11.8. The highest BCUT2D eigenvalue weighted by molar-refractivity contribution is 5.94. The number of rotatable bonds is 5. The monoisotopic (exact) mass is 339 g/mol. The normalized spacial score (nSPS) is 15.0.